The topological polar surface area (TPSA) is 66.8 Å². The first-order valence-corrected chi connectivity index (χ1v) is 6.67. The minimum absolute atomic E-state index is 0.256. The molecule has 0 amide bonds. The van der Waals surface area contributed by atoms with Gasteiger partial charge in [-0.3, -0.25) is 4.79 Å². The van der Waals surface area contributed by atoms with Crippen LogP contribution in [0.1, 0.15) is 35.2 Å². The standard InChI is InChI=1S/C13H13BrO4/c14-9-4-8(6-15)11-10(5-9)13(17)3-1-2-12(13,7-16)18-11/h4-6,16-17H,1-3,7H2. The molecule has 1 aliphatic carbocycles. The monoisotopic (exact) mass is 312 g/mol. The summed E-state index contributed by atoms with van der Waals surface area (Å²) in [7, 11) is 0. The number of carbonyl (C=O) groups is 1. The van der Waals surface area contributed by atoms with Crippen LogP contribution in [0.3, 0.4) is 0 Å². The number of aldehydes is 1. The van der Waals surface area contributed by atoms with Gasteiger partial charge in [-0.2, -0.15) is 0 Å². The van der Waals surface area contributed by atoms with E-state index >= 15 is 0 Å². The number of halogens is 1. The van der Waals surface area contributed by atoms with Crippen LogP contribution < -0.4 is 4.74 Å². The number of benzene rings is 1. The quantitative estimate of drug-likeness (QED) is 0.817. The van der Waals surface area contributed by atoms with Crippen LogP contribution >= 0.6 is 15.9 Å². The Balaban J connectivity index is 2.25. The zero-order valence-electron chi connectivity index (χ0n) is 9.65. The third-order valence-corrected chi connectivity index (χ3v) is 4.54. The molecule has 2 atom stereocenters. The normalized spacial score (nSPS) is 32.8. The minimum Gasteiger partial charge on any atom is -0.480 e. The molecule has 4 nitrogen and oxygen atoms in total. The van der Waals surface area contributed by atoms with Crippen molar-refractivity contribution in [3.8, 4) is 5.75 Å². The second-order valence-corrected chi connectivity index (χ2v) is 5.87. The van der Waals surface area contributed by atoms with Crippen molar-refractivity contribution in [2.24, 2.45) is 0 Å². The van der Waals surface area contributed by atoms with Crippen LogP contribution in [0.2, 0.25) is 0 Å². The van der Waals surface area contributed by atoms with E-state index in [-0.39, 0.29) is 6.61 Å². The zero-order valence-corrected chi connectivity index (χ0v) is 11.2. The van der Waals surface area contributed by atoms with Crippen LogP contribution in [0, 0.1) is 0 Å². The average Bonchev–Trinajstić information content (AvgIpc) is 2.80. The molecule has 2 unspecified atom stereocenters. The zero-order chi connectivity index (χ0) is 13.0. The van der Waals surface area contributed by atoms with Crippen molar-refractivity contribution < 1.29 is 19.7 Å². The minimum atomic E-state index is -1.20. The maximum atomic E-state index is 11.1. The lowest BCUT2D eigenvalue weighted by Gasteiger charge is -2.33. The SMILES string of the molecule is O=Cc1cc(Br)cc2c1OC1(CO)CCCC21O. The van der Waals surface area contributed by atoms with Gasteiger partial charge in [-0.15, -0.1) is 0 Å². The van der Waals surface area contributed by atoms with E-state index < -0.39 is 11.2 Å². The summed E-state index contributed by atoms with van der Waals surface area (Å²) in [6.07, 6.45) is 2.62. The molecule has 1 fully saturated rings. The predicted octanol–water partition coefficient (Wildman–Crippen LogP) is 1.76. The van der Waals surface area contributed by atoms with Crippen molar-refractivity contribution in [1.29, 1.82) is 0 Å². The number of ether oxygens (including phenoxy) is 1. The van der Waals surface area contributed by atoms with Gasteiger partial charge in [0.05, 0.1) is 12.2 Å². The molecule has 0 bridgehead atoms. The third kappa shape index (κ3) is 1.30. The van der Waals surface area contributed by atoms with Crippen molar-refractivity contribution in [1.82, 2.24) is 0 Å². The summed E-state index contributed by atoms with van der Waals surface area (Å²) in [4.78, 5) is 11.1. The van der Waals surface area contributed by atoms with Crippen LogP contribution in [0.4, 0.5) is 0 Å². The number of carbonyl (C=O) groups excluding carboxylic acids is 1. The third-order valence-electron chi connectivity index (χ3n) is 4.08. The molecule has 1 aromatic carbocycles. The van der Waals surface area contributed by atoms with Crippen molar-refractivity contribution in [2.45, 2.75) is 30.5 Å². The highest BCUT2D eigenvalue weighted by Gasteiger charge is 2.62. The van der Waals surface area contributed by atoms with E-state index in [0.29, 0.717) is 36.0 Å². The molecule has 1 heterocycles. The molecule has 0 aromatic heterocycles. The highest BCUT2D eigenvalue weighted by molar-refractivity contribution is 9.10. The maximum Gasteiger partial charge on any atom is 0.165 e. The van der Waals surface area contributed by atoms with Crippen molar-refractivity contribution in [3.05, 3.63) is 27.7 Å². The summed E-state index contributed by atoms with van der Waals surface area (Å²) in [6.45, 7) is -0.256. The molecular weight excluding hydrogens is 300 g/mol. The maximum absolute atomic E-state index is 11.1. The molecule has 0 spiro atoms. The number of fused-ring (bicyclic) bond motifs is 3. The summed E-state index contributed by atoms with van der Waals surface area (Å²) in [5.41, 5.74) is -1.19. The Morgan fingerprint density at radius 2 is 2.22 bits per heavy atom. The predicted molar refractivity (Wildman–Crippen MR) is 67.7 cm³/mol. The van der Waals surface area contributed by atoms with Gasteiger partial charge in [0.15, 0.2) is 11.9 Å². The van der Waals surface area contributed by atoms with Gasteiger partial charge in [-0.25, -0.2) is 0 Å². The Morgan fingerprint density at radius 1 is 1.44 bits per heavy atom. The van der Waals surface area contributed by atoms with E-state index in [1.807, 2.05) is 0 Å². The average molecular weight is 313 g/mol. The Kier molecular flexibility index (Phi) is 2.56. The van der Waals surface area contributed by atoms with Crippen LogP contribution in [0.15, 0.2) is 16.6 Å². The lowest BCUT2D eigenvalue weighted by Crippen LogP contribution is -2.50. The van der Waals surface area contributed by atoms with Crippen molar-refractivity contribution in [3.63, 3.8) is 0 Å². The van der Waals surface area contributed by atoms with Crippen LogP contribution in [-0.4, -0.2) is 28.7 Å². The molecule has 96 valence electrons. The molecular formula is C13H13BrO4. The second-order valence-electron chi connectivity index (χ2n) is 4.96. The number of aliphatic hydroxyl groups excluding tert-OH is 1. The molecule has 3 rings (SSSR count). The number of rotatable bonds is 2. The van der Waals surface area contributed by atoms with E-state index in [4.69, 9.17) is 4.74 Å². The summed E-state index contributed by atoms with van der Waals surface area (Å²) in [5, 5.41) is 20.5. The van der Waals surface area contributed by atoms with Gasteiger partial charge in [0, 0.05) is 10.0 Å². The van der Waals surface area contributed by atoms with Crippen LogP contribution in [0.5, 0.6) is 5.75 Å². The first-order chi connectivity index (χ1) is 8.56. The van der Waals surface area contributed by atoms with E-state index in [0.717, 1.165) is 10.9 Å². The molecule has 18 heavy (non-hydrogen) atoms. The molecule has 1 aromatic rings. The molecule has 5 heteroatoms. The molecule has 0 saturated heterocycles. The molecule has 2 aliphatic rings. The highest BCUT2D eigenvalue weighted by Crippen LogP contribution is 2.57. The van der Waals surface area contributed by atoms with Gasteiger partial charge in [0.25, 0.3) is 0 Å². The Labute approximate surface area is 113 Å². The molecule has 2 N–H and O–H groups in total. The summed E-state index contributed by atoms with van der Waals surface area (Å²) < 4.78 is 6.52. The van der Waals surface area contributed by atoms with Gasteiger partial charge in [-0.1, -0.05) is 15.9 Å². The lowest BCUT2D eigenvalue weighted by molar-refractivity contribution is -0.116. The number of hydrogen-bond donors (Lipinski definition) is 2. The van der Waals surface area contributed by atoms with Crippen molar-refractivity contribution in [2.75, 3.05) is 6.61 Å². The van der Waals surface area contributed by atoms with Gasteiger partial charge in [0.1, 0.15) is 11.4 Å². The Bertz CT molecular complexity index is 530. The van der Waals surface area contributed by atoms with Crippen LogP contribution in [0.25, 0.3) is 0 Å². The fraction of sp³-hybridized carbons (Fsp3) is 0.462. The second kappa shape index (κ2) is 3.79. The smallest absolute Gasteiger partial charge is 0.165 e. The van der Waals surface area contributed by atoms with Crippen LogP contribution in [-0.2, 0) is 5.60 Å². The first kappa shape index (κ1) is 12.1. The van der Waals surface area contributed by atoms with Gasteiger partial charge in [-0.05, 0) is 31.4 Å². The number of hydrogen-bond acceptors (Lipinski definition) is 4. The van der Waals surface area contributed by atoms with Crippen molar-refractivity contribution >= 4 is 22.2 Å². The van der Waals surface area contributed by atoms with E-state index in [2.05, 4.69) is 15.9 Å². The van der Waals surface area contributed by atoms with Gasteiger partial charge in [0.2, 0.25) is 0 Å². The first-order valence-electron chi connectivity index (χ1n) is 5.88. The van der Waals surface area contributed by atoms with E-state index in [1.165, 1.54) is 0 Å². The Morgan fingerprint density at radius 3 is 2.89 bits per heavy atom. The summed E-state index contributed by atoms with van der Waals surface area (Å²) in [5.74, 6) is 0.407. The lowest BCUT2D eigenvalue weighted by atomic mass is 9.82. The van der Waals surface area contributed by atoms with Gasteiger partial charge < -0.3 is 14.9 Å². The molecule has 1 aliphatic heterocycles. The van der Waals surface area contributed by atoms with E-state index in [1.54, 1.807) is 12.1 Å². The Hall–Kier alpha value is -0.910. The highest BCUT2D eigenvalue weighted by atomic mass is 79.9. The molecule has 1 saturated carbocycles. The summed E-state index contributed by atoms with van der Waals surface area (Å²) >= 11 is 3.33. The number of aliphatic hydroxyl groups is 2. The molecule has 0 radical (unpaired) electrons. The van der Waals surface area contributed by atoms with Gasteiger partial charge >= 0.3 is 0 Å². The largest absolute Gasteiger partial charge is 0.480 e. The fourth-order valence-corrected chi connectivity index (χ4v) is 3.62. The van der Waals surface area contributed by atoms with E-state index in [9.17, 15) is 15.0 Å². The fourth-order valence-electron chi connectivity index (χ4n) is 3.14. The summed E-state index contributed by atoms with van der Waals surface area (Å²) in [6, 6.07) is 3.42.